The highest BCUT2D eigenvalue weighted by Crippen LogP contribution is 2.18. The van der Waals surface area contributed by atoms with E-state index in [1.54, 1.807) is 29.7 Å². The highest BCUT2D eigenvalue weighted by molar-refractivity contribution is 7.71. The third-order valence-corrected chi connectivity index (χ3v) is 4.01. The van der Waals surface area contributed by atoms with E-state index in [2.05, 4.69) is 15.3 Å². The summed E-state index contributed by atoms with van der Waals surface area (Å²) in [5, 5.41) is 11.2. The van der Waals surface area contributed by atoms with E-state index >= 15 is 0 Å². The lowest BCUT2D eigenvalue weighted by atomic mass is 10.2. The fraction of sp³-hybridized carbons (Fsp3) is 0.0714. The smallest absolute Gasteiger partial charge is 0.216 e. The maximum absolute atomic E-state index is 13.0. The first-order valence-electron chi connectivity index (χ1n) is 6.17. The van der Waals surface area contributed by atoms with Crippen LogP contribution in [0.4, 0.5) is 4.39 Å². The van der Waals surface area contributed by atoms with Gasteiger partial charge in [0.25, 0.3) is 0 Å². The summed E-state index contributed by atoms with van der Waals surface area (Å²) in [5.74, 6) is 0.251. The van der Waals surface area contributed by atoms with Gasteiger partial charge in [-0.25, -0.2) is 9.49 Å². The minimum Gasteiger partial charge on any atom is -0.250 e. The Bertz CT molecular complexity index is 842. The van der Waals surface area contributed by atoms with Crippen LogP contribution < -0.4 is 0 Å². The van der Waals surface area contributed by atoms with Gasteiger partial charge in [-0.1, -0.05) is 0 Å². The summed E-state index contributed by atoms with van der Waals surface area (Å²) < 4.78 is 14.9. The van der Waals surface area contributed by atoms with Gasteiger partial charge in [-0.15, -0.1) is 11.3 Å². The van der Waals surface area contributed by atoms with Crippen LogP contribution in [-0.4, -0.2) is 21.1 Å². The number of rotatable bonds is 3. The van der Waals surface area contributed by atoms with E-state index < -0.39 is 0 Å². The average Bonchev–Trinajstić information content (AvgIpc) is 3.04. The molecule has 2 heterocycles. The SMILES string of the molecule is Cc1ccc(/C=N/n2c(-c3ccc(F)cc3)n[nH]c2=S)s1. The number of H-pyrrole nitrogens is 1. The summed E-state index contributed by atoms with van der Waals surface area (Å²) >= 11 is 6.82. The first-order valence-corrected chi connectivity index (χ1v) is 7.40. The second-order valence-corrected chi connectivity index (χ2v) is 6.07. The van der Waals surface area contributed by atoms with Crippen LogP contribution in [0.3, 0.4) is 0 Å². The zero-order valence-electron chi connectivity index (χ0n) is 11.1. The Morgan fingerprint density at radius 2 is 2.05 bits per heavy atom. The molecule has 0 aliphatic carbocycles. The molecule has 21 heavy (non-hydrogen) atoms. The molecule has 0 aliphatic heterocycles. The van der Waals surface area contributed by atoms with Crippen LogP contribution >= 0.6 is 23.6 Å². The molecule has 0 unspecified atom stereocenters. The van der Waals surface area contributed by atoms with Crippen molar-refractivity contribution in [2.24, 2.45) is 5.10 Å². The van der Waals surface area contributed by atoms with Crippen molar-refractivity contribution in [1.29, 1.82) is 0 Å². The van der Waals surface area contributed by atoms with Crippen LogP contribution in [0.5, 0.6) is 0 Å². The van der Waals surface area contributed by atoms with Gasteiger partial charge in [-0.2, -0.15) is 14.9 Å². The molecule has 0 radical (unpaired) electrons. The topological polar surface area (TPSA) is 46.0 Å². The number of aromatic nitrogens is 3. The summed E-state index contributed by atoms with van der Waals surface area (Å²) in [5.41, 5.74) is 0.739. The predicted molar refractivity (Wildman–Crippen MR) is 84.9 cm³/mol. The molecule has 0 atom stereocenters. The predicted octanol–water partition coefficient (Wildman–Crippen LogP) is 4.00. The minimum absolute atomic E-state index is 0.294. The Kier molecular flexibility index (Phi) is 3.76. The van der Waals surface area contributed by atoms with Crippen molar-refractivity contribution in [2.75, 3.05) is 0 Å². The molecule has 1 aromatic carbocycles. The summed E-state index contributed by atoms with van der Waals surface area (Å²) in [4.78, 5) is 2.24. The Labute approximate surface area is 129 Å². The van der Waals surface area contributed by atoms with Crippen LogP contribution in [0.15, 0.2) is 41.5 Å². The molecule has 1 N–H and O–H groups in total. The van der Waals surface area contributed by atoms with E-state index in [4.69, 9.17) is 12.2 Å². The molecule has 0 bridgehead atoms. The fourth-order valence-electron chi connectivity index (χ4n) is 1.82. The number of nitrogens with one attached hydrogen (secondary N) is 1. The molecule has 7 heteroatoms. The number of thiophene rings is 1. The van der Waals surface area contributed by atoms with Crippen molar-refractivity contribution >= 4 is 29.8 Å². The van der Waals surface area contributed by atoms with Crippen LogP contribution in [0.25, 0.3) is 11.4 Å². The minimum atomic E-state index is -0.294. The number of hydrogen-bond donors (Lipinski definition) is 1. The number of aromatic amines is 1. The molecule has 0 spiro atoms. The lowest BCUT2D eigenvalue weighted by Gasteiger charge is -2.00. The van der Waals surface area contributed by atoms with Crippen LogP contribution in [0, 0.1) is 17.5 Å². The van der Waals surface area contributed by atoms with Gasteiger partial charge in [-0.3, -0.25) is 0 Å². The first kappa shape index (κ1) is 13.8. The Hall–Kier alpha value is -2.12. The van der Waals surface area contributed by atoms with E-state index in [9.17, 15) is 4.39 Å². The molecule has 2 aromatic heterocycles. The van der Waals surface area contributed by atoms with Gasteiger partial charge in [0.05, 0.1) is 6.21 Å². The van der Waals surface area contributed by atoms with Gasteiger partial charge in [-0.05, 0) is 55.5 Å². The van der Waals surface area contributed by atoms with Crippen LogP contribution in [0.1, 0.15) is 9.75 Å². The molecular formula is C14H11FN4S2. The van der Waals surface area contributed by atoms with Crippen molar-refractivity contribution in [1.82, 2.24) is 14.9 Å². The zero-order chi connectivity index (χ0) is 14.8. The van der Waals surface area contributed by atoms with Crippen molar-refractivity contribution in [2.45, 2.75) is 6.92 Å². The van der Waals surface area contributed by atoms with Gasteiger partial charge in [0.2, 0.25) is 4.77 Å². The highest BCUT2D eigenvalue weighted by atomic mass is 32.1. The first-order chi connectivity index (χ1) is 10.1. The number of hydrogen-bond acceptors (Lipinski definition) is 4. The largest absolute Gasteiger partial charge is 0.250 e. The molecule has 0 fully saturated rings. The van der Waals surface area contributed by atoms with Crippen LogP contribution in [0.2, 0.25) is 0 Å². The molecule has 0 saturated carbocycles. The molecular weight excluding hydrogens is 307 g/mol. The second-order valence-electron chi connectivity index (χ2n) is 4.36. The normalized spacial score (nSPS) is 11.3. The molecule has 106 valence electrons. The quantitative estimate of drug-likeness (QED) is 0.586. The highest BCUT2D eigenvalue weighted by Gasteiger charge is 2.08. The summed E-state index contributed by atoms with van der Waals surface area (Å²) in [6.45, 7) is 2.04. The Balaban J connectivity index is 1.99. The van der Waals surface area contributed by atoms with Crippen LogP contribution in [-0.2, 0) is 0 Å². The van der Waals surface area contributed by atoms with Crippen molar-refractivity contribution in [3.63, 3.8) is 0 Å². The van der Waals surface area contributed by atoms with Gasteiger partial charge in [0.15, 0.2) is 5.82 Å². The summed E-state index contributed by atoms with van der Waals surface area (Å²) in [6.07, 6.45) is 1.73. The number of aryl methyl sites for hydroxylation is 1. The van der Waals surface area contributed by atoms with Crippen molar-refractivity contribution in [3.05, 3.63) is 56.7 Å². The maximum Gasteiger partial charge on any atom is 0.216 e. The summed E-state index contributed by atoms with van der Waals surface area (Å²) in [6, 6.07) is 10.1. The Morgan fingerprint density at radius 1 is 1.29 bits per heavy atom. The van der Waals surface area contributed by atoms with Crippen molar-refractivity contribution < 1.29 is 4.39 Å². The average molecular weight is 318 g/mol. The molecule has 4 nitrogen and oxygen atoms in total. The number of benzene rings is 1. The van der Waals surface area contributed by atoms with E-state index in [1.165, 1.54) is 21.7 Å². The second kappa shape index (κ2) is 5.71. The van der Waals surface area contributed by atoms with Gasteiger partial charge in [0.1, 0.15) is 5.82 Å². The standard InChI is InChI=1S/C14H11FN4S2/c1-9-2-7-12(21-9)8-16-19-13(17-18-14(19)20)10-3-5-11(15)6-4-10/h2-8H,1H3,(H,18,20)/b16-8+. The molecule has 0 amide bonds. The lowest BCUT2D eigenvalue weighted by molar-refractivity contribution is 0.628. The fourth-order valence-corrected chi connectivity index (χ4v) is 2.75. The van der Waals surface area contributed by atoms with E-state index in [0.29, 0.717) is 10.6 Å². The van der Waals surface area contributed by atoms with E-state index in [1.807, 2.05) is 19.1 Å². The summed E-state index contributed by atoms with van der Waals surface area (Å²) in [7, 11) is 0. The number of halogens is 1. The van der Waals surface area contributed by atoms with Gasteiger partial charge >= 0.3 is 0 Å². The Morgan fingerprint density at radius 3 is 2.71 bits per heavy atom. The van der Waals surface area contributed by atoms with Crippen molar-refractivity contribution in [3.8, 4) is 11.4 Å². The molecule has 3 aromatic rings. The zero-order valence-corrected chi connectivity index (χ0v) is 12.7. The third kappa shape index (κ3) is 2.98. The molecule has 0 aliphatic rings. The third-order valence-electron chi connectivity index (χ3n) is 2.81. The lowest BCUT2D eigenvalue weighted by Crippen LogP contribution is -1.94. The van der Waals surface area contributed by atoms with Gasteiger partial charge < -0.3 is 0 Å². The number of nitrogens with zero attached hydrogens (tertiary/aromatic N) is 3. The molecule has 3 rings (SSSR count). The van der Waals surface area contributed by atoms with E-state index in [0.717, 1.165) is 10.4 Å². The maximum atomic E-state index is 13.0. The monoisotopic (exact) mass is 318 g/mol. The molecule has 0 saturated heterocycles. The van der Waals surface area contributed by atoms with Gasteiger partial charge in [0, 0.05) is 15.3 Å². The van der Waals surface area contributed by atoms with E-state index in [-0.39, 0.29) is 5.82 Å².